The van der Waals surface area contributed by atoms with E-state index in [0.717, 1.165) is 0 Å². The van der Waals surface area contributed by atoms with Crippen LogP contribution < -0.4 is 5.43 Å². The average Bonchev–Trinajstić information content (AvgIpc) is 2.51. The van der Waals surface area contributed by atoms with Crippen molar-refractivity contribution in [2.24, 2.45) is 5.10 Å². The molecule has 6 nitrogen and oxygen atoms in total. The van der Waals surface area contributed by atoms with E-state index in [1.807, 2.05) is 0 Å². The number of halogens is 2. The van der Waals surface area contributed by atoms with Crippen LogP contribution in [0.4, 0.5) is 0 Å². The van der Waals surface area contributed by atoms with Gasteiger partial charge >= 0.3 is 0 Å². The molecule has 0 aliphatic heterocycles. The molecule has 21 heavy (non-hydrogen) atoms. The third-order valence-corrected chi connectivity index (χ3v) is 3.90. The molecule has 0 aliphatic rings. The molecule has 0 unspecified atom stereocenters. The molecule has 0 radical (unpaired) electrons. The molecule has 0 saturated heterocycles. The van der Waals surface area contributed by atoms with E-state index in [0.29, 0.717) is 10.0 Å². The van der Waals surface area contributed by atoms with Crippen molar-refractivity contribution in [2.45, 2.75) is 0 Å². The molecule has 0 aliphatic carbocycles. The molecule has 1 heterocycles. The fourth-order valence-electron chi connectivity index (χ4n) is 1.43. The van der Waals surface area contributed by atoms with Crippen LogP contribution in [-0.2, 0) is 0 Å². The lowest BCUT2D eigenvalue weighted by atomic mass is 10.2. The van der Waals surface area contributed by atoms with Gasteiger partial charge in [0, 0.05) is 11.8 Å². The molecule has 1 amide bonds. The lowest BCUT2D eigenvalue weighted by Crippen LogP contribution is -2.18. The van der Waals surface area contributed by atoms with Gasteiger partial charge in [-0.1, -0.05) is 6.07 Å². The standard InChI is InChI=1S/C13H9Br2N3O3/c14-8-5-7(10(15)12(20)11(8)19)6-17-18-13(21)9-3-1-2-4-16-9/h1-6,19-20H,(H,18,21)/b17-6-. The van der Waals surface area contributed by atoms with Gasteiger partial charge in [0.05, 0.1) is 15.2 Å². The molecule has 1 aromatic carbocycles. The van der Waals surface area contributed by atoms with E-state index < -0.39 is 5.91 Å². The maximum absolute atomic E-state index is 11.7. The smallest absolute Gasteiger partial charge is 0.289 e. The minimum atomic E-state index is -0.454. The number of phenols is 2. The Morgan fingerprint density at radius 2 is 2.05 bits per heavy atom. The largest absolute Gasteiger partial charge is 0.503 e. The quantitative estimate of drug-likeness (QED) is 0.409. The van der Waals surface area contributed by atoms with Gasteiger partial charge < -0.3 is 10.2 Å². The van der Waals surface area contributed by atoms with Crippen LogP contribution in [-0.4, -0.2) is 27.3 Å². The van der Waals surface area contributed by atoms with E-state index in [2.05, 4.69) is 47.4 Å². The van der Waals surface area contributed by atoms with E-state index in [-0.39, 0.29) is 21.7 Å². The summed E-state index contributed by atoms with van der Waals surface area (Å²) < 4.78 is 0.569. The Kier molecular flexibility index (Phi) is 4.92. The summed E-state index contributed by atoms with van der Waals surface area (Å²) in [5, 5.41) is 23.0. The molecule has 2 rings (SSSR count). The number of aromatic nitrogens is 1. The first-order valence-corrected chi connectivity index (χ1v) is 7.23. The van der Waals surface area contributed by atoms with Gasteiger partial charge in [-0.05, 0) is 50.1 Å². The number of nitrogens with zero attached hydrogens (tertiary/aromatic N) is 2. The molecule has 108 valence electrons. The Balaban J connectivity index is 2.14. The van der Waals surface area contributed by atoms with Gasteiger partial charge in [-0.25, -0.2) is 5.43 Å². The number of pyridine rings is 1. The number of aromatic hydroxyl groups is 2. The van der Waals surface area contributed by atoms with Gasteiger partial charge in [-0.2, -0.15) is 5.10 Å². The van der Waals surface area contributed by atoms with Gasteiger partial charge in [-0.15, -0.1) is 0 Å². The van der Waals surface area contributed by atoms with Crippen molar-refractivity contribution in [3.05, 3.63) is 50.7 Å². The molecule has 2 aromatic rings. The molecule has 3 N–H and O–H groups in total. The Bertz CT molecular complexity index is 706. The Morgan fingerprint density at radius 3 is 2.71 bits per heavy atom. The monoisotopic (exact) mass is 413 g/mol. The lowest BCUT2D eigenvalue weighted by Gasteiger charge is -2.06. The summed E-state index contributed by atoms with van der Waals surface area (Å²) in [4.78, 5) is 15.6. The van der Waals surface area contributed by atoms with Crippen LogP contribution in [0.5, 0.6) is 11.5 Å². The van der Waals surface area contributed by atoms with E-state index in [4.69, 9.17) is 0 Å². The average molecular weight is 415 g/mol. The summed E-state index contributed by atoms with van der Waals surface area (Å²) in [5.74, 6) is -1.05. The Hall–Kier alpha value is -1.93. The zero-order valence-electron chi connectivity index (χ0n) is 10.4. The molecule has 0 saturated carbocycles. The Morgan fingerprint density at radius 1 is 1.29 bits per heavy atom. The van der Waals surface area contributed by atoms with Crippen LogP contribution in [0.2, 0.25) is 0 Å². The van der Waals surface area contributed by atoms with Crippen molar-refractivity contribution < 1.29 is 15.0 Å². The predicted octanol–water partition coefficient (Wildman–Crippen LogP) is 2.78. The third kappa shape index (κ3) is 3.59. The van der Waals surface area contributed by atoms with Gasteiger partial charge in [-0.3, -0.25) is 9.78 Å². The summed E-state index contributed by atoms with van der Waals surface area (Å²) in [6.45, 7) is 0. The topological polar surface area (TPSA) is 94.8 Å². The zero-order chi connectivity index (χ0) is 15.4. The first-order valence-electron chi connectivity index (χ1n) is 5.65. The maximum Gasteiger partial charge on any atom is 0.289 e. The van der Waals surface area contributed by atoms with Gasteiger partial charge in [0.1, 0.15) is 5.69 Å². The van der Waals surface area contributed by atoms with Gasteiger partial charge in [0.2, 0.25) is 0 Å². The molecule has 1 aromatic heterocycles. The molecular formula is C13H9Br2N3O3. The molecule has 8 heteroatoms. The molecule has 0 spiro atoms. The highest BCUT2D eigenvalue weighted by molar-refractivity contribution is 9.11. The van der Waals surface area contributed by atoms with E-state index in [1.165, 1.54) is 18.5 Å². The number of carbonyl (C=O) groups is 1. The molecular weight excluding hydrogens is 406 g/mol. The normalized spacial score (nSPS) is 10.8. The summed E-state index contributed by atoms with van der Waals surface area (Å²) in [5.41, 5.74) is 3.03. The minimum Gasteiger partial charge on any atom is -0.503 e. The number of amides is 1. The molecule has 0 bridgehead atoms. The zero-order valence-corrected chi connectivity index (χ0v) is 13.6. The van der Waals surface area contributed by atoms with Crippen LogP contribution in [0.1, 0.15) is 16.1 Å². The fourth-order valence-corrected chi connectivity index (χ4v) is 2.27. The summed E-state index contributed by atoms with van der Waals surface area (Å²) >= 11 is 6.23. The SMILES string of the molecule is O=C(N/N=C\c1cc(Br)c(O)c(O)c1Br)c1ccccn1. The van der Waals surface area contributed by atoms with Crippen molar-refractivity contribution in [2.75, 3.05) is 0 Å². The predicted molar refractivity (Wildman–Crippen MR) is 84.5 cm³/mol. The van der Waals surface area contributed by atoms with Crippen LogP contribution >= 0.6 is 31.9 Å². The van der Waals surface area contributed by atoms with Gasteiger partial charge in [0.25, 0.3) is 5.91 Å². The maximum atomic E-state index is 11.7. The van der Waals surface area contributed by atoms with Crippen molar-refractivity contribution >= 4 is 44.0 Å². The van der Waals surface area contributed by atoms with E-state index in [9.17, 15) is 15.0 Å². The number of rotatable bonds is 3. The number of phenolic OH excluding ortho intramolecular Hbond substituents is 2. The minimum absolute atomic E-state index is 0.239. The van der Waals surface area contributed by atoms with Crippen molar-refractivity contribution in [1.29, 1.82) is 0 Å². The molecule has 0 fully saturated rings. The molecule has 0 atom stereocenters. The Labute approximate surface area is 136 Å². The number of carbonyl (C=O) groups excluding carboxylic acids is 1. The number of nitrogens with one attached hydrogen (secondary N) is 1. The second-order valence-electron chi connectivity index (χ2n) is 3.87. The highest BCUT2D eigenvalue weighted by Crippen LogP contribution is 2.40. The van der Waals surface area contributed by atoms with E-state index in [1.54, 1.807) is 18.2 Å². The van der Waals surface area contributed by atoms with Crippen LogP contribution in [0, 0.1) is 0 Å². The number of benzene rings is 1. The van der Waals surface area contributed by atoms with Crippen LogP contribution in [0.15, 0.2) is 44.5 Å². The number of hydrazone groups is 1. The number of hydrogen-bond acceptors (Lipinski definition) is 5. The third-order valence-electron chi connectivity index (χ3n) is 2.46. The highest BCUT2D eigenvalue weighted by atomic mass is 79.9. The summed E-state index contributed by atoms with van der Waals surface area (Å²) in [6.07, 6.45) is 2.83. The van der Waals surface area contributed by atoms with Crippen LogP contribution in [0.3, 0.4) is 0 Å². The highest BCUT2D eigenvalue weighted by Gasteiger charge is 2.13. The summed E-state index contributed by atoms with van der Waals surface area (Å²) in [6, 6.07) is 6.49. The second-order valence-corrected chi connectivity index (χ2v) is 5.52. The van der Waals surface area contributed by atoms with Crippen molar-refractivity contribution in [3.8, 4) is 11.5 Å². The number of hydrogen-bond donors (Lipinski definition) is 3. The van der Waals surface area contributed by atoms with Crippen molar-refractivity contribution in [1.82, 2.24) is 10.4 Å². The van der Waals surface area contributed by atoms with Gasteiger partial charge in [0.15, 0.2) is 11.5 Å². The first-order chi connectivity index (χ1) is 10.0. The van der Waals surface area contributed by atoms with Crippen molar-refractivity contribution in [3.63, 3.8) is 0 Å². The first kappa shape index (κ1) is 15.5. The van der Waals surface area contributed by atoms with Crippen LogP contribution in [0.25, 0.3) is 0 Å². The van der Waals surface area contributed by atoms with E-state index >= 15 is 0 Å². The fraction of sp³-hybridized carbons (Fsp3) is 0. The lowest BCUT2D eigenvalue weighted by molar-refractivity contribution is 0.0950. The second kappa shape index (κ2) is 6.68. The summed E-state index contributed by atoms with van der Waals surface area (Å²) in [7, 11) is 0.